The summed E-state index contributed by atoms with van der Waals surface area (Å²) in [5.74, 6) is 1.36. The van der Waals surface area contributed by atoms with Crippen molar-refractivity contribution < 1.29 is 23.6 Å². The molecular weight excluding hydrogens is 398 g/mol. The number of aryl methyl sites for hydroxylation is 2. The maximum absolute atomic E-state index is 12.8. The third-order valence-electron chi connectivity index (χ3n) is 4.75. The van der Waals surface area contributed by atoms with Gasteiger partial charge in [0, 0.05) is 18.3 Å². The Morgan fingerprint density at radius 2 is 1.84 bits per heavy atom. The predicted molar refractivity (Wildman–Crippen MR) is 115 cm³/mol. The molecule has 0 radical (unpaired) electrons. The molecule has 0 atom stereocenters. The molecular formula is C23H25N3O5. The number of hydrogen-bond donors (Lipinski definition) is 1. The Bertz CT molecular complexity index is 1040. The smallest absolute Gasteiger partial charge is 0.254 e. The Morgan fingerprint density at radius 1 is 1.10 bits per heavy atom. The van der Waals surface area contributed by atoms with Gasteiger partial charge in [-0.15, -0.1) is 0 Å². The minimum atomic E-state index is -0.299. The second kappa shape index (κ2) is 9.80. The van der Waals surface area contributed by atoms with Gasteiger partial charge in [-0.3, -0.25) is 9.59 Å². The van der Waals surface area contributed by atoms with Gasteiger partial charge in [0.05, 0.1) is 24.9 Å². The van der Waals surface area contributed by atoms with Crippen LogP contribution in [0.1, 0.15) is 27.4 Å². The van der Waals surface area contributed by atoms with Crippen molar-refractivity contribution >= 4 is 17.5 Å². The predicted octanol–water partition coefficient (Wildman–Crippen LogP) is 3.59. The lowest BCUT2D eigenvalue weighted by Crippen LogP contribution is -2.34. The lowest BCUT2D eigenvalue weighted by Gasteiger charge is -2.17. The highest BCUT2D eigenvalue weighted by Gasteiger charge is 2.16. The quantitative estimate of drug-likeness (QED) is 0.595. The highest BCUT2D eigenvalue weighted by atomic mass is 16.5. The van der Waals surface area contributed by atoms with E-state index in [0.717, 1.165) is 11.3 Å². The fraction of sp³-hybridized carbons (Fsp3) is 0.261. The summed E-state index contributed by atoms with van der Waals surface area (Å²) in [6.45, 7) is 3.87. The summed E-state index contributed by atoms with van der Waals surface area (Å²) < 4.78 is 16.0. The maximum Gasteiger partial charge on any atom is 0.254 e. The van der Waals surface area contributed by atoms with E-state index in [2.05, 4.69) is 10.5 Å². The van der Waals surface area contributed by atoms with E-state index >= 15 is 0 Å². The molecule has 1 aromatic heterocycles. The Hall–Kier alpha value is -3.81. The zero-order chi connectivity index (χ0) is 22.4. The number of hydrogen-bond acceptors (Lipinski definition) is 6. The van der Waals surface area contributed by atoms with Crippen molar-refractivity contribution in [3.63, 3.8) is 0 Å². The molecule has 0 aliphatic carbocycles. The Kier molecular flexibility index (Phi) is 6.92. The number of rotatable bonds is 8. The van der Waals surface area contributed by atoms with Crippen molar-refractivity contribution in [2.24, 2.45) is 0 Å². The van der Waals surface area contributed by atoms with E-state index < -0.39 is 0 Å². The van der Waals surface area contributed by atoms with E-state index in [9.17, 15) is 9.59 Å². The van der Waals surface area contributed by atoms with E-state index in [1.807, 2.05) is 13.8 Å². The van der Waals surface area contributed by atoms with Crippen LogP contribution < -0.4 is 14.8 Å². The Labute approximate surface area is 180 Å². The summed E-state index contributed by atoms with van der Waals surface area (Å²) in [6, 6.07) is 13.8. The third kappa shape index (κ3) is 5.63. The lowest BCUT2D eigenvalue weighted by atomic mass is 10.2. The van der Waals surface area contributed by atoms with Crippen LogP contribution in [0, 0.1) is 13.8 Å². The molecule has 162 valence electrons. The van der Waals surface area contributed by atoms with Crippen LogP contribution >= 0.6 is 0 Å². The number of amides is 2. The summed E-state index contributed by atoms with van der Waals surface area (Å²) in [5, 5.41) is 6.66. The van der Waals surface area contributed by atoms with Gasteiger partial charge in [-0.1, -0.05) is 11.2 Å². The molecule has 0 bridgehead atoms. The minimum absolute atomic E-state index is 0.0883. The van der Waals surface area contributed by atoms with Crippen molar-refractivity contribution in [3.8, 4) is 11.5 Å². The standard InChI is InChI=1S/C23H25N3O5/c1-15-21(16(2)31-25-15)14-30-20-7-5-6-17(12-20)23(28)26(3)13-22(27)24-18-8-10-19(29-4)11-9-18/h5-12H,13-14H2,1-4H3,(H,24,27). The van der Waals surface area contributed by atoms with Gasteiger partial charge in [0.2, 0.25) is 5.91 Å². The molecule has 8 heteroatoms. The molecule has 0 aliphatic rings. The second-order valence-electron chi connectivity index (χ2n) is 7.06. The molecule has 2 amide bonds. The number of ether oxygens (including phenoxy) is 2. The number of nitrogens with one attached hydrogen (secondary N) is 1. The second-order valence-corrected chi connectivity index (χ2v) is 7.06. The summed E-state index contributed by atoms with van der Waals surface area (Å²) in [7, 11) is 3.15. The van der Waals surface area contributed by atoms with Crippen molar-refractivity contribution in [2.75, 3.05) is 26.0 Å². The number of anilines is 1. The van der Waals surface area contributed by atoms with Crippen LogP contribution in [0.3, 0.4) is 0 Å². The van der Waals surface area contributed by atoms with Gasteiger partial charge >= 0.3 is 0 Å². The zero-order valence-corrected chi connectivity index (χ0v) is 18.0. The van der Waals surface area contributed by atoms with Gasteiger partial charge in [0.15, 0.2) is 0 Å². The molecule has 31 heavy (non-hydrogen) atoms. The number of methoxy groups -OCH3 is 1. The fourth-order valence-corrected chi connectivity index (χ4v) is 2.96. The topological polar surface area (TPSA) is 93.9 Å². The number of aromatic nitrogens is 1. The fourth-order valence-electron chi connectivity index (χ4n) is 2.96. The molecule has 1 N–H and O–H groups in total. The number of benzene rings is 2. The van der Waals surface area contributed by atoms with Crippen molar-refractivity contribution in [1.82, 2.24) is 10.1 Å². The van der Waals surface area contributed by atoms with Crippen LogP contribution in [0.25, 0.3) is 0 Å². The molecule has 0 saturated heterocycles. The van der Waals surface area contributed by atoms with Crippen LogP contribution in [0.15, 0.2) is 53.1 Å². The van der Waals surface area contributed by atoms with Crippen LogP contribution in [0.5, 0.6) is 11.5 Å². The monoisotopic (exact) mass is 423 g/mol. The van der Waals surface area contributed by atoms with E-state index in [4.69, 9.17) is 14.0 Å². The summed E-state index contributed by atoms with van der Waals surface area (Å²) in [4.78, 5) is 26.4. The molecule has 3 rings (SSSR count). The number of carbonyl (C=O) groups excluding carboxylic acids is 2. The van der Waals surface area contributed by atoms with E-state index in [-0.39, 0.29) is 18.4 Å². The van der Waals surface area contributed by atoms with Crippen molar-refractivity contribution in [3.05, 3.63) is 71.1 Å². The largest absolute Gasteiger partial charge is 0.497 e. The van der Waals surface area contributed by atoms with E-state index in [1.54, 1.807) is 62.7 Å². The van der Waals surface area contributed by atoms with Crippen LogP contribution in [-0.4, -0.2) is 42.6 Å². The normalized spacial score (nSPS) is 10.5. The van der Waals surface area contributed by atoms with E-state index in [0.29, 0.717) is 35.1 Å². The molecule has 0 fully saturated rings. The average molecular weight is 423 g/mol. The summed E-state index contributed by atoms with van der Waals surface area (Å²) >= 11 is 0. The van der Waals surface area contributed by atoms with Crippen molar-refractivity contribution in [1.29, 1.82) is 0 Å². The van der Waals surface area contributed by atoms with Gasteiger partial charge in [-0.05, 0) is 56.3 Å². The molecule has 1 heterocycles. The SMILES string of the molecule is COc1ccc(NC(=O)CN(C)C(=O)c2cccc(OCc3c(C)noc3C)c2)cc1. The third-order valence-corrected chi connectivity index (χ3v) is 4.75. The lowest BCUT2D eigenvalue weighted by molar-refractivity contribution is -0.116. The molecule has 0 spiro atoms. The molecule has 0 unspecified atom stereocenters. The number of likely N-dealkylation sites (N-methyl/N-ethyl adjacent to an activating group) is 1. The molecule has 0 aliphatic heterocycles. The van der Waals surface area contributed by atoms with Crippen LogP contribution in [-0.2, 0) is 11.4 Å². The number of carbonyl (C=O) groups is 2. The molecule has 0 saturated carbocycles. The summed E-state index contributed by atoms with van der Waals surface area (Å²) in [5.41, 5.74) is 2.70. The maximum atomic E-state index is 12.8. The highest BCUT2D eigenvalue weighted by molar-refractivity contribution is 5.99. The minimum Gasteiger partial charge on any atom is -0.497 e. The number of nitrogens with zero attached hydrogens (tertiary/aromatic N) is 2. The summed E-state index contributed by atoms with van der Waals surface area (Å²) in [6.07, 6.45) is 0. The highest BCUT2D eigenvalue weighted by Crippen LogP contribution is 2.19. The first-order valence-electron chi connectivity index (χ1n) is 9.71. The van der Waals surface area contributed by atoms with Gasteiger partial charge in [0.25, 0.3) is 5.91 Å². The van der Waals surface area contributed by atoms with Gasteiger partial charge in [-0.25, -0.2) is 0 Å². The first kappa shape index (κ1) is 21.9. The van der Waals surface area contributed by atoms with Gasteiger partial charge in [0.1, 0.15) is 23.9 Å². The van der Waals surface area contributed by atoms with Crippen LogP contribution in [0.2, 0.25) is 0 Å². The Balaban J connectivity index is 1.58. The first-order valence-corrected chi connectivity index (χ1v) is 9.71. The zero-order valence-electron chi connectivity index (χ0n) is 18.0. The molecule has 3 aromatic rings. The van der Waals surface area contributed by atoms with E-state index in [1.165, 1.54) is 4.90 Å². The van der Waals surface area contributed by atoms with Gasteiger partial charge < -0.3 is 24.2 Å². The van der Waals surface area contributed by atoms with Crippen LogP contribution in [0.4, 0.5) is 5.69 Å². The Morgan fingerprint density at radius 3 is 2.48 bits per heavy atom. The van der Waals surface area contributed by atoms with Crippen molar-refractivity contribution in [2.45, 2.75) is 20.5 Å². The molecule has 2 aromatic carbocycles. The average Bonchev–Trinajstić information content (AvgIpc) is 3.09. The molecule has 8 nitrogen and oxygen atoms in total. The van der Waals surface area contributed by atoms with Gasteiger partial charge in [-0.2, -0.15) is 0 Å². The first-order chi connectivity index (χ1) is 14.9.